The molecule has 2 atom stereocenters. The summed E-state index contributed by atoms with van der Waals surface area (Å²) in [7, 11) is 0. The molecule has 1 saturated heterocycles. The van der Waals surface area contributed by atoms with Crippen molar-refractivity contribution in [3.05, 3.63) is 0 Å². The highest BCUT2D eigenvalue weighted by Gasteiger charge is 2.16. The molecule has 0 aliphatic carbocycles. The lowest BCUT2D eigenvalue weighted by molar-refractivity contribution is 0.0884. The molecule has 1 rings (SSSR count). The molecule has 1 heterocycles. The molecular weight excluding hydrogens is 128 g/mol. The molecule has 1 fully saturated rings. The predicted octanol–water partition coefficient (Wildman–Crippen LogP) is 0.587. The third kappa shape index (κ3) is 2.24. The van der Waals surface area contributed by atoms with E-state index >= 15 is 0 Å². The van der Waals surface area contributed by atoms with E-state index in [4.69, 9.17) is 4.74 Å². The molecular formula is C5H9F2NO. The Bertz CT molecular complexity index is 81.0. The zero-order chi connectivity index (χ0) is 6.69. The van der Waals surface area contributed by atoms with Gasteiger partial charge in [-0.25, -0.2) is 8.78 Å². The molecule has 0 bridgehead atoms. The first-order valence-corrected chi connectivity index (χ1v) is 2.91. The second kappa shape index (κ2) is 3.08. The van der Waals surface area contributed by atoms with Crippen molar-refractivity contribution < 1.29 is 13.5 Å². The summed E-state index contributed by atoms with van der Waals surface area (Å²) < 4.78 is 29.2. The molecule has 1 aliphatic heterocycles. The molecule has 0 saturated carbocycles. The fourth-order valence-electron chi connectivity index (χ4n) is 0.701. The van der Waals surface area contributed by atoms with Crippen molar-refractivity contribution in [3.8, 4) is 0 Å². The first-order chi connectivity index (χ1) is 4.29. The van der Waals surface area contributed by atoms with Crippen molar-refractivity contribution >= 4 is 0 Å². The van der Waals surface area contributed by atoms with Crippen LogP contribution in [0.5, 0.6) is 0 Å². The van der Waals surface area contributed by atoms with E-state index in [2.05, 4.69) is 5.32 Å². The molecule has 2 nitrogen and oxygen atoms in total. The van der Waals surface area contributed by atoms with Crippen molar-refractivity contribution in [1.29, 1.82) is 0 Å². The number of rotatable bonds is 0. The van der Waals surface area contributed by atoms with Crippen molar-refractivity contribution in [2.24, 2.45) is 0 Å². The molecule has 0 radical (unpaired) electrons. The van der Waals surface area contributed by atoms with Crippen LogP contribution in [-0.4, -0.2) is 25.8 Å². The second-order valence-corrected chi connectivity index (χ2v) is 1.97. The van der Waals surface area contributed by atoms with Crippen LogP contribution in [0.2, 0.25) is 0 Å². The van der Waals surface area contributed by atoms with E-state index in [0.29, 0.717) is 6.61 Å². The summed E-state index contributed by atoms with van der Waals surface area (Å²) in [6.45, 7) is 0.259. The number of hydrogen-bond donors (Lipinski definition) is 1. The third-order valence-electron chi connectivity index (χ3n) is 1.14. The van der Waals surface area contributed by atoms with Crippen LogP contribution in [0.25, 0.3) is 0 Å². The zero-order valence-corrected chi connectivity index (χ0v) is 4.94. The molecule has 4 heteroatoms. The van der Waals surface area contributed by atoms with E-state index in [0.717, 1.165) is 0 Å². The molecule has 0 spiro atoms. The fraction of sp³-hybridized carbons (Fsp3) is 1.00. The van der Waals surface area contributed by atoms with Crippen molar-refractivity contribution in [2.75, 3.05) is 13.2 Å². The van der Waals surface area contributed by atoms with E-state index < -0.39 is 12.6 Å². The van der Waals surface area contributed by atoms with Crippen LogP contribution in [0.15, 0.2) is 0 Å². The minimum absolute atomic E-state index is 0.0412. The van der Waals surface area contributed by atoms with Gasteiger partial charge in [-0.1, -0.05) is 0 Å². The number of halogens is 2. The first-order valence-electron chi connectivity index (χ1n) is 2.91. The first kappa shape index (κ1) is 6.89. The highest BCUT2D eigenvalue weighted by Crippen LogP contribution is 2.02. The van der Waals surface area contributed by atoms with Gasteiger partial charge in [-0.2, -0.15) is 0 Å². The summed E-state index contributed by atoms with van der Waals surface area (Å²) in [4.78, 5) is 0. The van der Waals surface area contributed by atoms with Crippen LogP contribution in [0.1, 0.15) is 6.42 Å². The number of hydrogen-bond acceptors (Lipinski definition) is 2. The topological polar surface area (TPSA) is 21.3 Å². The van der Waals surface area contributed by atoms with Gasteiger partial charge in [0.1, 0.15) is 0 Å². The van der Waals surface area contributed by atoms with Gasteiger partial charge in [-0.3, -0.25) is 5.32 Å². The standard InChI is InChI=1S/C5H9F2NO/c6-4-1-2-9-3-5(7)8-4/h4-5,8H,1-3H2. The molecule has 9 heavy (non-hydrogen) atoms. The lowest BCUT2D eigenvalue weighted by Crippen LogP contribution is -2.32. The number of nitrogens with one attached hydrogen (secondary N) is 1. The lowest BCUT2D eigenvalue weighted by Gasteiger charge is -2.06. The van der Waals surface area contributed by atoms with Gasteiger partial charge in [-0.15, -0.1) is 0 Å². The van der Waals surface area contributed by atoms with Gasteiger partial charge < -0.3 is 4.74 Å². The van der Waals surface area contributed by atoms with Gasteiger partial charge in [0.15, 0.2) is 12.6 Å². The summed E-state index contributed by atoms with van der Waals surface area (Å²) >= 11 is 0. The zero-order valence-electron chi connectivity index (χ0n) is 4.94. The predicted molar refractivity (Wildman–Crippen MR) is 28.4 cm³/mol. The maximum Gasteiger partial charge on any atom is 0.176 e. The smallest absolute Gasteiger partial charge is 0.176 e. The van der Waals surface area contributed by atoms with E-state index in [1.807, 2.05) is 0 Å². The van der Waals surface area contributed by atoms with Crippen LogP contribution in [0.3, 0.4) is 0 Å². The van der Waals surface area contributed by atoms with E-state index in [1.54, 1.807) is 0 Å². The van der Waals surface area contributed by atoms with Gasteiger partial charge in [0.05, 0.1) is 13.2 Å². The Morgan fingerprint density at radius 3 is 2.89 bits per heavy atom. The van der Waals surface area contributed by atoms with Gasteiger partial charge >= 0.3 is 0 Å². The Balaban J connectivity index is 2.29. The van der Waals surface area contributed by atoms with Crippen LogP contribution in [0.4, 0.5) is 8.78 Å². The third-order valence-corrected chi connectivity index (χ3v) is 1.14. The Hall–Kier alpha value is -0.220. The van der Waals surface area contributed by atoms with E-state index in [-0.39, 0.29) is 13.0 Å². The molecule has 54 valence electrons. The average molecular weight is 137 g/mol. The van der Waals surface area contributed by atoms with Crippen LogP contribution in [0, 0.1) is 0 Å². The quantitative estimate of drug-likeness (QED) is 0.493. The Labute approximate surface area is 52.2 Å². The maximum absolute atomic E-state index is 12.3. The summed E-state index contributed by atoms with van der Waals surface area (Å²) in [5, 5.41) is 2.08. The monoisotopic (exact) mass is 137 g/mol. The summed E-state index contributed by atoms with van der Waals surface area (Å²) in [6.07, 6.45) is -2.36. The molecule has 1 N–H and O–H groups in total. The molecule has 0 aromatic carbocycles. The molecule has 0 aromatic heterocycles. The summed E-state index contributed by atoms with van der Waals surface area (Å²) in [6, 6.07) is 0. The maximum atomic E-state index is 12.3. The van der Waals surface area contributed by atoms with E-state index in [1.165, 1.54) is 0 Å². The van der Waals surface area contributed by atoms with Crippen molar-refractivity contribution in [3.63, 3.8) is 0 Å². The average Bonchev–Trinajstić information content (AvgIpc) is 1.93. The Morgan fingerprint density at radius 2 is 2.11 bits per heavy atom. The van der Waals surface area contributed by atoms with Crippen LogP contribution >= 0.6 is 0 Å². The van der Waals surface area contributed by atoms with Gasteiger partial charge in [0, 0.05) is 6.42 Å². The minimum Gasteiger partial charge on any atom is -0.377 e. The number of ether oxygens (including phenoxy) is 1. The highest BCUT2D eigenvalue weighted by atomic mass is 19.2. The second-order valence-electron chi connectivity index (χ2n) is 1.97. The Kier molecular flexibility index (Phi) is 2.36. The highest BCUT2D eigenvalue weighted by molar-refractivity contribution is 4.61. The van der Waals surface area contributed by atoms with Crippen LogP contribution < -0.4 is 5.32 Å². The normalized spacial score (nSPS) is 38.0. The molecule has 1 aliphatic rings. The van der Waals surface area contributed by atoms with Crippen LogP contribution in [-0.2, 0) is 4.74 Å². The molecule has 0 aromatic rings. The number of alkyl halides is 2. The lowest BCUT2D eigenvalue weighted by atomic mass is 10.4. The molecule has 0 amide bonds. The fourth-order valence-corrected chi connectivity index (χ4v) is 0.701. The van der Waals surface area contributed by atoms with Gasteiger partial charge in [-0.05, 0) is 0 Å². The van der Waals surface area contributed by atoms with Crippen molar-refractivity contribution in [1.82, 2.24) is 5.32 Å². The SMILES string of the molecule is FC1CCOCC(F)N1. The summed E-state index contributed by atoms with van der Waals surface area (Å²) in [5.41, 5.74) is 0. The van der Waals surface area contributed by atoms with Crippen molar-refractivity contribution in [2.45, 2.75) is 19.0 Å². The van der Waals surface area contributed by atoms with Gasteiger partial charge in [0.2, 0.25) is 0 Å². The molecule has 2 unspecified atom stereocenters. The largest absolute Gasteiger partial charge is 0.377 e. The summed E-state index contributed by atoms with van der Waals surface area (Å²) in [5.74, 6) is 0. The minimum atomic E-state index is -1.34. The van der Waals surface area contributed by atoms with E-state index in [9.17, 15) is 8.78 Å². The Morgan fingerprint density at radius 1 is 1.33 bits per heavy atom. The van der Waals surface area contributed by atoms with Gasteiger partial charge in [0.25, 0.3) is 0 Å².